The Hall–Kier alpha value is -0.480. The zero-order valence-electron chi connectivity index (χ0n) is 5.96. The van der Waals surface area contributed by atoms with E-state index in [2.05, 4.69) is 15.9 Å². The van der Waals surface area contributed by atoms with Crippen molar-refractivity contribution >= 4 is 27.5 Å². The van der Waals surface area contributed by atoms with Gasteiger partial charge in [-0.15, -0.1) is 0 Å². The highest BCUT2D eigenvalue weighted by molar-refractivity contribution is 9.12. The molecule has 0 aromatic carbocycles. The number of carbonyl (C=O) groups is 2. The summed E-state index contributed by atoms with van der Waals surface area (Å²) < 4.78 is 5.35. The minimum absolute atomic E-state index is 0.0126. The molecule has 11 heavy (non-hydrogen) atoms. The Balaban J connectivity index is 2.77. The molecule has 0 aromatic rings. The fourth-order valence-corrected chi connectivity index (χ4v) is 1.10. The Morgan fingerprint density at radius 3 is 2.91 bits per heavy atom. The maximum atomic E-state index is 10.8. The van der Waals surface area contributed by atoms with Crippen molar-refractivity contribution in [1.29, 1.82) is 0 Å². The van der Waals surface area contributed by atoms with Crippen LogP contribution in [0.15, 0.2) is 10.6 Å². The van der Waals surface area contributed by atoms with E-state index in [-0.39, 0.29) is 18.2 Å². The molecule has 0 saturated heterocycles. The van der Waals surface area contributed by atoms with Gasteiger partial charge in [0.05, 0.1) is 4.48 Å². The average Bonchev–Trinajstić information content (AvgIpc) is 1.94. The topological polar surface area (TPSA) is 43.4 Å². The summed E-state index contributed by atoms with van der Waals surface area (Å²) in [6, 6.07) is 0. The molecule has 0 N–H and O–H groups in total. The second-order valence-corrected chi connectivity index (χ2v) is 3.13. The number of hydrogen-bond acceptors (Lipinski definition) is 3. The first-order valence-electron chi connectivity index (χ1n) is 3.14. The van der Waals surface area contributed by atoms with Gasteiger partial charge < -0.3 is 4.74 Å². The molecule has 1 heterocycles. The van der Waals surface area contributed by atoms with Crippen LogP contribution in [0.4, 0.5) is 0 Å². The summed E-state index contributed by atoms with van der Waals surface area (Å²) in [5, 5.41) is 0. The summed E-state index contributed by atoms with van der Waals surface area (Å²) in [7, 11) is 0. The number of Topliss-reactive ketones (excluding diaryl/α,β-unsaturated/α-hetero) is 2. The zero-order chi connectivity index (χ0) is 8.43. The van der Waals surface area contributed by atoms with Crippen molar-refractivity contribution < 1.29 is 14.3 Å². The van der Waals surface area contributed by atoms with E-state index in [4.69, 9.17) is 4.74 Å². The standard InChI is InChI=1S/C7H7BrO3/c1-4(9)7-2-5(8)6(10)3-11-7/h2,7H,3H2,1H3. The van der Waals surface area contributed by atoms with Gasteiger partial charge in [-0.2, -0.15) is 0 Å². The third-order valence-corrected chi connectivity index (χ3v) is 2.07. The molecule has 0 bridgehead atoms. The Labute approximate surface area is 72.5 Å². The van der Waals surface area contributed by atoms with Crippen LogP contribution in [0.1, 0.15) is 6.92 Å². The Morgan fingerprint density at radius 1 is 1.82 bits per heavy atom. The maximum absolute atomic E-state index is 10.8. The van der Waals surface area contributed by atoms with Crippen LogP contribution in [-0.4, -0.2) is 24.3 Å². The van der Waals surface area contributed by atoms with Crippen LogP contribution in [0.5, 0.6) is 0 Å². The molecule has 0 amide bonds. The number of ether oxygens (including phenoxy) is 1. The van der Waals surface area contributed by atoms with Crippen LogP contribution in [0, 0.1) is 0 Å². The summed E-state index contributed by atoms with van der Waals surface area (Å²) >= 11 is 3.04. The molecule has 0 saturated carbocycles. The first-order valence-corrected chi connectivity index (χ1v) is 3.93. The smallest absolute Gasteiger partial charge is 0.195 e. The summed E-state index contributed by atoms with van der Waals surface area (Å²) in [6.07, 6.45) is 0.927. The second kappa shape index (κ2) is 3.28. The molecule has 0 aromatic heterocycles. The number of halogens is 1. The van der Waals surface area contributed by atoms with E-state index in [0.29, 0.717) is 4.48 Å². The van der Waals surface area contributed by atoms with Gasteiger partial charge in [-0.25, -0.2) is 0 Å². The highest BCUT2D eigenvalue weighted by Crippen LogP contribution is 2.15. The maximum Gasteiger partial charge on any atom is 0.195 e. The van der Waals surface area contributed by atoms with Crippen LogP contribution >= 0.6 is 15.9 Å². The molecule has 0 aliphatic carbocycles. The van der Waals surface area contributed by atoms with Crippen LogP contribution in [0.25, 0.3) is 0 Å². The lowest BCUT2D eigenvalue weighted by Crippen LogP contribution is -2.28. The predicted molar refractivity (Wildman–Crippen MR) is 42.4 cm³/mol. The molecule has 1 aliphatic rings. The quantitative estimate of drug-likeness (QED) is 0.655. The van der Waals surface area contributed by atoms with Crippen molar-refractivity contribution in [2.45, 2.75) is 13.0 Å². The van der Waals surface area contributed by atoms with Crippen molar-refractivity contribution in [2.75, 3.05) is 6.61 Å². The minimum atomic E-state index is -0.554. The summed E-state index contributed by atoms with van der Waals surface area (Å²) in [5.74, 6) is -0.211. The van der Waals surface area contributed by atoms with Crippen molar-refractivity contribution in [3.8, 4) is 0 Å². The Morgan fingerprint density at radius 2 is 2.45 bits per heavy atom. The first-order chi connectivity index (χ1) is 5.11. The van der Waals surface area contributed by atoms with Gasteiger partial charge in [0.15, 0.2) is 11.6 Å². The highest BCUT2D eigenvalue weighted by Gasteiger charge is 2.21. The summed E-state index contributed by atoms with van der Waals surface area (Å²) in [4.78, 5) is 21.6. The van der Waals surface area contributed by atoms with Crippen molar-refractivity contribution in [2.24, 2.45) is 0 Å². The number of carbonyl (C=O) groups excluding carboxylic acids is 2. The molecule has 1 unspecified atom stereocenters. The van der Waals surface area contributed by atoms with Gasteiger partial charge in [0, 0.05) is 0 Å². The van der Waals surface area contributed by atoms with Crippen LogP contribution in [0.2, 0.25) is 0 Å². The SMILES string of the molecule is CC(=O)C1C=C(Br)C(=O)CO1. The van der Waals surface area contributed by atoms with Crippen LogP contribution in [-0.2, 0) is 14.3 Å². The first kappa shape index (κ1) is 8.62. The van der Waals surface area contributed by atoms with Gasteiger partial charge in [0.2, 0.25) is 0 Å². The fourth-order valence-electron chi connectivity index (χ4n) is 0.743. The lowest BCUT2D eigenvalue weighted by molar-refractivity contribution is -0.130. The molecular formula is C7H7BrO3. The van der Waals surface area contributed by atoms with E-state index < -0.39 is 6.10 Å². The highest BCUT2D eigenvalue weighted by atomic mass is 79.9. The molecular weight excluding hydrogens is 212 g/mol. The zero-order valence-corrected chi connectivity index (χ0v) is 7.55. The van der Waals surface area contributed by atoms with Crippen molar-refractivity contribution in [3.05, 3.63) is 10.6 Å². The molecule has 0 radical (unpaired) electrons. The fraction of sp³-hybridized carbons (Fsp3) is 0.429. The van der Waals surface area contributed by atoms with E-state index in [9.17, 15) is 9.59 Å². The van der Waals surface area contributed by atoms with Crippen molar-refractivity contribution in [3.63, 3.8) is 0 Å². The Kier molecular flexibility index (Phi) is 2.57. The van der Waals surface area contributed by atoms with E-state index in [1.54, 1.807) is 0 Å². The molecule has 1 rings (SSSR count). The van der Waals surface area contributed by atoms with Crippen LogP contribution in [0.3, 0.4) is 0 Å². The molecule has 1 atom stereocenters. The molecule has 0 spiro atoms. The van der Waals surface area contributed by atoms with E-state index in [1.807, 2.05) is 0 Å². The monoisotopic (exact) mass is 218 g/mol. The van der Waals surface area contributed by atoms with Gasteiger partial charge in [-0.1, -0.05) is 0 Å². The van der Waals surface area contributed by atoms with Crippen molar-refractivity contribution in [1.82, 2.24) is 0 Å². The van der Waals surface area contributed by atoms with E-state index in [0.717, 1.165) is 0 Å². The second-order valence-electron chi connectivity index (χ2n) is 2.28. The van der Waals surface area contributed by atoms with E-state index in [1.165, 1.54) is 13.0 Å². The van der Waals surface area contributed by atoms with Gasteiger partial charge in [-0.05, 0) is 28.9 Å². The summed E-state index contributed by atoms with van der Waals surface area (Å²) in [5.41, 5.74) is 0. The van der Waals surface area contributed by atoms with Gasteiger partial charge in [-0.3, -0.25) is 9.59 Å². The molecule has 3 nitrogen and oxygen atoms in total. The van der Waals surface area contributed by atoms with Gasteiger partial charge in [0.1, 0.15) is 12.7 Å². The molecule has 1 aliphatic heterocycles. The molecule has 60 valence electrons. The third-order valence-electron chi connectivity index (χ3n) is 1.36. The largest absolute Gasteiger partial charge is 0.358 e. The average molecular weight is 219 g/mol. The van der Waals surface area contributed by atoms with E-state index >= 15 is 0 Å². The lowest BCUT2D eigenvalue weighted by atomic mass is 10.2. The normalized spacial score (nSPS) is 24.7. The number of ketones is 2. The molecule has 0 fully saturated rings. The van der Waals surface area contributed by atoms with Crippen LogP contribution < -0.4 is 0 Å². The van der Waals surface area contributed by atoms with Gasteiger partial charge >= 0.3 is 0 Å². The predicted octanol–water partition coefficient (Wildman–Crippen LogP) is 0.822. The number of rotatable bonds is 1. The Bertz CT molecular complexity index is 232. The molecule has 4 heteroatoms. The number of hydrogen-bond donors (Lipinski definition) is 0. The van der Waals surface area contributed by atoms with Gasteiger partial charge in [0.25, 0.3) is 0 Å². The summed E-state index contributed by atoms with van der Waals surface area (Å²) in [6.45, 7) is 1.42. The minimum Gasteiger partial charge on any atom is -0.358 e. The lowest BCUT2D eigenvalue weighted by Gasteiger charge is -2.15. The third kappa shape index (κ3) is 1.97.